The predicted octanol–water partition coefficient (Wildman–Crippen LogP) is 3.33. The van der Waals surface area contributed by atoms with Crippen LogP contribution < -0.4 is 5.32 Å². The first kappa shape index (κ1) is 20.8. The van der Waals surface area contributed by atoms with Crippen molar-refractivity contribution in [2.45, 2.75) is 31.5 Å². The Kier molecular flexibility index (Phi) is 6.09. The van der Waals surface area contributed by atoms with E-state index in [1.54, 1.807) is 19.3 Å². The highest BCUT2D eigenvalue weighted by atomic mass is 16.3. The van der Waals surface area contributed by atoms with E-state index >= 15 is 0 Å². The van der Waals surface area contributed by atoms with Gasteiger partial charge in [-0.1, -0.05) is 60.7 Å². The molecule has 2 heterocycles. The van der Waals surface area contributed by atoms with Crippen molar-refractivity contribution in [2.24, 2.45) is 5.92 Å². The molecule has 1 aliphatic rings. The molecule has 158 valence electrons. The van der Waals surface area contributed by atoms with Crippen LogP contribution in [0.5, 0.6) is 0 Å². The van der Waals surface area contributed by atoms with Gasteiger partial charge in [0, 0.05) is 12.4 Å². The summed E-state index contributed by atoms with van der Waals surface area (Å²) < 4.78 is 0. The van der Waals surface area contributed by atoms with Gasteiger partial charge >= 0.3 is 6.03 Å². The van der Waals surface area contributed by atoms with Gasteiger partial charge in [0.15, 0.2) is 0 Å². The Bertz CT molecular complexity index is 986. The summed E-state index contributed by atoms with van der Waals surface area (Å²) in [6.45, 7) is 1.61. The Morgan fingerprint density at radius 2 is 1.55 bits per heavy atom. The van der Waals surface area contributed by atoms with Crippen LogP contribution in [0, 0.1) is 5.92 Å². The fraction of sp³-hybridized carbons (Fsp3) is 0.240. The third kappa shape index (κ3) is 4.34. The minimum absolute atomic E-state index is 0.278. The zero-order valence-corrected chi connectivity index (χ0v) is 17.3. The van der Waals surface area contributed by atoms with E-state index in [1.165, 1.54) is 0 Å². The number of benzene rings is 2. The normalized spacial score (nSPS) is 19.1. The van der Waals surface area contributed by atoms with Crippen molar-refractivity contribution in [2.75, 3.05) is 0 Å². The number of nitrogens with one attached hydrogen (secondary N) is 1. The maximum atomic E-state index is 13.2. The average Bonchev–Trinajstić information content (AvgIpc) is 2.80. The summed E-state index contributed by atoms with van der Waals surface area (Å²) >= 11 is 0. The molecular formula is C25H25N3O3. The summed E-state index contributed by atoms with van der Waals surface area (Å²) in [5, 5.41) is 13.3. The summed E-state index contributed by atoms with van der Waals surface area (Å²) in [5.74, 6) is -0.722. The number of aliphatic hydroxyl groups excluding tert-OH is 1. The molecule has 0 saturated carbocycles. The van der Waals surface area contributed by atoms with Crippen molar-refractivity contribution in [1.82, 2.24) is 15.2 Å². The van der Waals surface area contributed by atoms with Crippen molar-refractivity contribution in [3.05, 3.63) is 102 Å². The number of pyridine rings is 1. The van der Waals surface area contributed by atoms with Gasteiger partial charge in [-0.2, -0.15) is 0 Å². The quantitative estimate of drug-likeness (QED) is 0.605. The zero-order valence-electron chi connectivity index (χ0n) is 17.3. The average molecular weight is 415 g/mol. The molecule has 0 spiro atoms. The number of amides is 3. The first-order valence-electron chi connectivity index (χ1n) is 10.4. The van der Waals surface area contributed by atoms with Crippen LogP contribution in [0.4, 0.5) is 4.79 Å². The molecule has 6 heteroatoms. The molecule has 3 aromatic rings. The number of hydrogen-bond donors (Lipinski definition) is 2. The van der Waals surface area contributed by atoms with Crippen LogP contribution in [-0.2, 0) is 11.2 Å². The molecule has 6 nitrogen and oxygen atoms in total. The molecule has 4 rings (SSSR count). The van der Waals surface area contributed by atoms with Crippen molar-refractivity contribution >= 4 is 11.9 Å². The van der Waals surface area contributed by atoms with Crippen molar-refractivity contribution < 1.29 is 14.7 Å². The highest BCUT2D eigenvalue weighted by molar-refractivity contribution is 6.01. The van der Waals surface area contributed by atoms with Crippen LogP contribution in [0.1, 0.15) is 29.7 Å². The van der Waals surface area contributed by atoms with Crippen LogP contribution in [0.15, 0.2) is 85.2 Å². The number of carbonyl (C=O) groups excluding carboxylic acids is 2. The maximum absolute atomic E-state index is 13.2. The number of urea groups is 1. The molecule has 0 radical (unpaired) electrons. The molecular weight excluding hydrogens is 390 g/mol. The van der Waals surface area contributed by atoms with Gasteiger partial charge in [-0.3, -0.25) is 14.7 Å². The van der Waals surface area contributed by atoms with Crippen LogP contribution >= 0.6 is 0 Å². The number of aromatic nitrogens is 1. The molecule has 1 aromatic heterocycles. The first-order valence-corrected chi connectivity index (χ1v) is 10.4. The van der Waals surface area contributed by atoms with Crippen molar-refractivity contribution in [1.29, 1.82) is 0 Å². The van der Waals surface area contributed by atoms with Gasteiger partial charge in [0.25, 0.3) is 0 Å². The van der Waals surface area contributed by atoms with Gasteiger partial charge in [-0.15, -0.1) is 0 Å². The lowest BCUT2D eigenvalue weighted by Crippen LogP contribution is -2.69. The molecule has 0 aliphatic carbocycles. The van der Waals surface area contributed by atoms with Crippen LogP contribution in [-0.4, -0.2) is 39.1 Å². The lowest BCUT2D eigenvalue weighted by atomic mass is 9.80. The monoisotopic (exact) mass is 415 g/mol. The topological polar surface area (TPSA) is 82.5 Å². The SMILES string of the molecule is C[C@@H](O)[C@@H]1[C@@H](Cc2ccncc2)C(=O)N1C(=O)NC(c1ccccc1)c1ccccc1. The highest BCUT2D eigenvalue weighted by Crippen LogP contribution is 2.33. The summed E-state index contributed by atoms with van der Waals surface area (Å²) in [4.78, 5) is 31.3. The minimum atomic E-state index is -0.831. The predicted molar refractivity (Wildman–Crippen MR) is 117 cm³/mol. The molecule has 1 saturated heterocycles. The summed E-state index contributed by atoms with van der Waals surface area (Å²) in [6.07, 6.45) is 2.97. The Morgan fingerprint density at radius 3 is 2.06 bits per heavy atom. The Morgan fingerprint density at radius 1 is 1.00 bits per heavy atom. The van der Waals surface area contributed by atoms with Gasteiger partial charge < -0.3 is 10.4 Å². The molecule has 2 aromatic carbocycles. The van der Waals surface area contributed by atoms with Gasteiger partial charge in [-0.05, 0) is 42.2 Å². The molecule has 2 N–H and O–H groups in total. The summed E-state index contributed by atoms with van der Waals surface area (Å²) in [5.41, 5.74) is 2.78. The van der Waals surface area contributed by atoms with E-state index in [0.717, 1.165) is 21.6 Å². The number of carbonyl (C=O) groups is 2. The number of aliphatic hydroxyl groups is 1. The van der Waals surface area contributed by atoms with E-state index in [0.29, 0.717) is 6.42 Å². The lowest BCUT2D eigenvalue weighted by Gasteiger charge is -2.47. The van der Waals surface area contributed by atoms with Crippen LogP contribution in [0.25, 0.3) is 0 Å². The van der Waals surface area contributed by atoms with Crippen molar-refractivity contribution in [3.63, 3.8) is 0 Å². The number of hydrogen-bond acceptors (Lipinski definition) is 4. The summed E-state index contributed by atoms with van der Waals surface area (Å²) in [6, 6.07) is 21.4. The smallest absolute Gasteiger partial charge is 0.325 e. The molecule has 31 heavy (non-hydrogen) atoms. The Hall–Kier alpha value is -3.51. The van der Waals surface area contributed by atoms with Gasteiger partial charge in [0.2, 0.25) is 5.91 Å². The van der Waals surface area contributed by atoms with E-state index in [2.05, 4.69) is 10.3 Å². The van der Waals surface area contributed by atoms with Crippen LogP contribution in [0.3, 0.4) is 0 Å². The molecule has 0 unspecified atom stereocenters. The minimum Gasteiger partial charge on any atom is -0.391 e. The fourth-order valence-electron chi connectivity index (χ4n) is 4.18. The van der Waals surface area contributed by atoms with Crippen LogP contribution in [0.2, 0.25) is 0 Å². The number of imide groups is 1. The van der Waals surface area contributed by atoms with E-state index in [1.807, 2.05) is 72.8 Å². The molecule has 0 bridgehead atoms. The van der Waals surface area contributed by atoms with E-state index < -0.39 is 30.1 Å². The first-order chi connectivity index (χ1) is 15.1. The standard InChI is InChI=1S/C25H25N3O3/c1-17(29)23-21(16-18-12-14-26-15-13-18)24(30)28(23)25(31)27-22(19-8-4-2-5-9-19)20-10-6-3-7-11-20/h2-15,17,21-23,29H,16H2,1H3,(H,27,31)/t17-,21-,23-/m1/s1. The highest BCUT2D eigenvalue weighted by Gasteiger charge is 2.52. The maximum Gasteiger partial charge on any atom is 0.325 e. The second kappa shape index (κ2) is 9.10. The Balaban J connectivity index is 1.55. The molecule has 1 fully saturated rings. The van der Waals surface area contributed by atoms with E-state index in [4.69, 9.17) is 0 Å². The number of β-lactam (4-membered cyclic amide) rings is 1. The molecule has 1 aliphatic heterocycles. The zero-order chi connectivity index (χ0) is 21.8. The Labute approximate surface area is 181 Å². The number of likely N-dealkylation sites (tertiary alicyclic amines) is 1. The van der Waals surface area contributed by atoms with Gasteiger partial charge in [0.05, 0.1) is 24.1 Å². The van der Waals surface area contributed by atoms with Crippen molar-refractivity contribution in [3.8, 4) is 0 Å². The second-order valence-corrected chi connectivity index (χ2v) is 7.81. The third-order valence-electron chi connectivity index (χ3n) is 5.72. The lowest BCUT2D eigenvalue weighted by molar-refractivity contribution is -0.156. The molecule has 3 atom stereocenters. The fourth-order valence-corrected chi connectivity index (χ4v) is 4.18. The third-order valence-corrected chi connectivity index (χ3v) is 5.72. The summed E-state index contributed by atoms with van der Waals surface area (Å²) in [7, 11) is 0. The molecule has 3 amide bonds. The number of rotatable bonds is 6. The van der Waals surface area contributed by atoms with E-state index in [9.17, 15) is 14.7 Å². The second-order valence-electron chi connectivity index (χ2n) is 7.81. The van der Waals surface area contributed by atoms with Gasteiger partial charge in [0.1, 0.15) is 0 Å². The number of nitrogens with zero attached hydrogens (tertiary/aromatic N) is 2. The van der Waals surface area contributed by atoms with Gasteiger partial charge in [-0.25, -0.2) is 4.79 Å². The largest absolute Gasteiger partial charge is 0.391 e. The van der Waals surface area contributed by atoms with E-state index in [-0.39, 0.29) is 5.91 Å².